The highest BCUT2D eigenvalue weighted by molar-refractivity contribution is 6.27. The maximum absolute atomic E-state index is 6.47. The van der Waals surface area contributed by atoms with Crippen LogP contribution in [-0.4, -0.2) is 9.97 Å². The molecule has 0 radical (unpaired) electrons. The van der Waals surface area contributed by atoms with Crippen molar-refractivity contribution < 1.29 is 4.42 Å². The van der Waals surface area contributed by atoms with E-state index in [1.807, 2.05) is 30.3 Å². The van der Waals surface area contributed by atoms with Crippen LogP contribution in [0.3, 0.4) is 0 Å². The van der Waals surface area contributed by atoms with Crippen LogP contribution >= 0.6 is 0 Å². The van der Waals surface area contributed by atoms with Crippen LogP contribution < -0.4 is 0 Å². The van der Waals surface area contributed by atoms with E-state index < -0.39 is 0 Å². The number of para-hydroxylation sites is 2. The zero-order valence-electron chi connectivity index (χ0n) is 29.8. The monoisotopic (exact) mass is 700 g/mol. The van der Waals surface area contributed by atoms with Crippen molar-refractivity contribution in [2.45, 2.75) is 0 Å². The normalized spacial score (nSPS) is 11.6. The second kappa shape index (κ2) is 12.6. The molecule has 0 N–H and O–H groups in total. The number of hydrogen-bond acceptors (Lipinski definition) is 3. The van der Waals surface area contributed by atoms with Crippen molar-refractivity contribution in [2.75, 3.05) is 0 Å². The molecule has 3 heteroatoms. The molecule has 2 aromatic heterocycles. The molecule has 256 valence electrons. The summed E-state index contributed by atoms with van der Waals surface area (Å²) in [5.41, 5.74) is 11.1. The molecule has 0 aliphatic carbocycles. The molecule has 0 fully saturated rings. The van der Waals surface area contributed by atoms with E-state index in [1.165, 1.54) is 38.1 Å². The van der Waals surface area contributed by atoms with E-state index in [0.717, 1.165) is 66.5 Å². The van der Waals surface area contributed by atoms with Crippen LogP contribution in [-0.2, 0) is 0 Å². The fourth-order valence-electron chi connectivity index (χ4n) is 8.39. The Kier molecular flexibility index (Phi) is 7.17. The van der Waals surface area contributed by atoms with Crippen LogP contribution in [0.25, 0.3) is 110 Å². The van der Waals surface area contributed by atoms with E-state index >= 15 is 0 Å². The molecular weight excluding hydrogens is 669 g/mol. The van der Waals surface area contributed by atoms with Gasteiger partial charge in [0.15, 0.2) is 5.82 Å². The highest BCUT2D eigenvalue weighted by Crippen LogP contribution is 2.46. The van der Waals surface area contributed by atoms with Gasteiger partial charge in [-0.3, -0.25) is 0 Å². The number of fused-ring (bicyclic) bond motifs is 7. The van der Waals surface area contributed by atoms with Crippen molar-refractivity contribution in [1.29, 1.82) is 0 Å². The van der Waals surface area contributed by atoms with Gasteiger partial charge in [0.2, 0.25) is 0 Å². The summed E-state index contributed by atoms with van der Waals surface area (Å²) in [7, 11) is 0. The molecular formula is C52H32N2O. The highest BCUT2D eigenvalue weighted by atomic mass is 16.3. The van der Waals surface area contributed by atoms with Gasteiger partial charge in [0.25, 0.3) is 0 Å². The standard InChI is InChI=1S/C52H32N2O/c1-3-16-34(17-4-1)48-41-24-9-10-25-42(41)50(49-38-22-8-7-15-33(38)29-30-44(48)49)46-32-45(53-52(54-46)35-18-5-2-6-19-35)37-21-13-20-36(31-37)39-26-14-27-43-40-23-11-12-28-47(40)55-51(39)43/h1-32H. The predicted molar refractivity (Wildman–Crippen MR) is 229 cm³/mol. The lowest BCUT2D eigenvalue weighted by atomic mass is 9.85. The molecule has 55 heavy (non-hydrogen) atoms. The van der Waals surface area contributed by atoms with Gasteiger partial charge in [0.05, 0.1) is 11.4 Å². The van der Waals surface area contributed by atoms with Crippen LogP contribution in [0.2, 0.25) is 0 Å². The van der Waals surface area contributed by atoms with E-state index in [1.54, 1.807) is 0 Å². The highest BCUT2D eigenvalue weighted by Gasteiger charge is 2.21. The summed E-state index contributed by atoms with van der Waals surface area (Å²) < 4.78 is 6.47. The molecule has 9 aromatic carbocycles. The fraction of sp³-hybridized carbons (Fsp3) is 0. The third-order valence-corrected chi connectivity index (χ3v) is 10.9. The lowest BCUT2D eigenvalue weighted by Gasteiger charge is -2.19. The smallest absolute Gasteiger partial charge is 0.160 e. The Morgan fingerprint density at radius 3 is 1.76 bits per heavy atom. The van der Waals surface area contributed by atoms with Crippen molar-refractivity contribution in [3.8, 4) is 56.2 Å². The summed E-state index contributed by atoms with van der Waals surface area (Å²) in [6.07, 6.45) is 0. The van der Waals surface area contributed by atoms with Crippen LogP contribution in [0, 0.1) is 0 Å². The first-order chi connectivity index (χ1) is 27.3. The molecule has 0 aliphatic rings. The Hall–Kier alpha value is -7.36. The Morgan fingerprint density at radius 2 is 0.945 bits per heavy atom. The SMILES string of the molecule is c1ccc(-c2nc(-c3cccc(-c4cccc5c4oc4ccccc45)c3)cc(-c3c4ccccc4c(-c4ccccc4)c4ccc5ccccc5c34)n2)cc1. The van der Waals surface area contributed by atoms with Gasteiger partial charge in [-0.1, -0.05) is 176 Å². The van der Waals surface area contributed by atoms with Gasteiger partial charge in [0.1, 0.15) is 11.2 Å². The third kappa shape index (κ3) is 5.13. The molecule has 0 unspecified atom stereocenters. The van der Waals surface area contributed by atoms with E-state index in [2.05, 4.69) is 164 Å². The molecule has 11 rings (SSSR count). The second-order valence-corrected chi connectivity index (χ2v) is 14.1. The second-order valence-electron chi connectivity index (χ2n) is 14.1. The van der Waals surface area contributed by atoms with Gasteiger partial charge in [0, 0.05) is 38.4 Å². The van der Waals surface area contributed by atoms with Gasteiger partial charge in [-0.05, 0) is 61.8 Å². The third-order valence-electron chi connectivity index (χ3n) is 10.9. The van der Waals surface area contributed by atoms with E-state index in [4.69, 9.17) is 14.4 Å². The number of rotatable bonds is 5. The molecule has 0 atom stereocenters. The Labute approximate surface area is 317 Å². The van der Waals surface area contributed by atoms with Crippen molar-refractivity contribution in [2.24, 2.45) is 0 Å². The summed E-state index contributed by atoms with van der Waals surface area (Å²) >= 11 is 0. The predicted octanol–water partition coefficient (Wildman–Crippen LogP) is 14.2. The van der Waals surface area contributed by atoms with Crippen LogP contribution in [0.4, 0.5) is 0 Å². The van der Waals surface area contributed by atoms with Crippen LogP contribution in [0.15, 0.2) is 199 Å². The minimum Gasteiger partial charge on any atom is -0.455 e. The lowest BCUT2D eigenvalue weighted by molar-refractivity contribution is 0.670. The summed E-state index contributed by atoms with van der Waals surface area (Å²) in [4.78, 5) is 10.7. The van der Waals surface area contributed by atoms with Gasteiger partial charge in [-0.15, -0.1) is 0 Å². The molecule has 2 heterocycles. The lowest BCUT2D eigenvalue weighted by Crippen LogP contribution is -1.98. The maximum atomic E-state index is 6.47. The first kappa shape index (κ1) is 31.2. The molecule has 11 aromatic rings. The first-order valence-electron chi connectivity index (χ1n) is 18.7. The number of benzene rings is 9. The van der Waals surface area contributed by atoms with E-state index in [-0.39, 0.29) is 0 Å². The van der Waals surface area contributed by atoms with Gasteiger partial charge in [-0.2, -0.15) is 0 Å². The Bertz CT molecular complexity index is 3250. The number of furan rings is 1. The molecule has 3 nitrogen and oxygen atoms in total. The molecule has 0 bridgehead atoms. The number of hydrogen-bond donors (Lipinski definition) is 0. The van der Waals surface area contributed by atoms with Crippen molar-refractivity contribution in [3.63, 3.8) is 0 Å². The number of aromatic nitrogens is 2. The largest absolute Gasteiger partial charge is 0.455 e. The minimum absolute atomic E-state index is 0.683. The summed E-state index contributed by atoms with van der Waals surface area (Å²) in [5, 5.41) is 9.34. The van der Waals surface area contributed by atoms with Crippen LogP contribution in [0.5, 0.6) is 0 Å². The van der Waals surface area contributed by atoms with E-state index in [0.29, 0.717) is 5.82 Å². The zero-order chi connectivity index (χ0) is 36.3. The minimum atomic E-state index is 0.683. The summed E-state index contributed by atoms with van der Waals surface area (Å²) in [6.45, 7) is 0. The topological polar surface area (TPSA) is 38.9 Å². The van der Waals surface area contributed by atoms with E-state index in [9.17, 15) is 0 Å². The molecule has 0 aliphatic heterocycles. The quantitative estimate of drug-likeness (QED) is 0.133. The van der Waals surface area contributed by atoms with Crippen molar-refractivity contribution in [1.82, 2.24) is 9.97 Å². The Morgan fingerprint density at radius 1 is 0.345 bits per heavy atom. The molecule has 0 saturated carbocycles. The zero-order valence-corrected chi connectivity index (χ0v) is 29.8. The first-order valence-corrected chi connectivity index (χ1v) is 18.7. The summed E-state index contributed by atoms with van der Waals surface area (Å²) in [6, 6.07) is 68.5. The van der Waals surface area contributed by atoms with Crippen LogP contribution in [0.1, 0.15) is 0 Å². The average Bonchev–Trinajstić information content (AvgIpc) is 3.65. The summed E-state index contributed by atoms with van der Waals surface area (Å²) in [5.74, 6) is 0.683. The molecule has 0 spiro atoms. The molecule has 0 saturated heterocycles. The Balaban J connectivity index is 1.21. The maximum Gasteiger partial charge on any atom is 0.160 e. The fourth-order valence-corrected chi connectivity index (χ4v) is 8.39. The van der Waals surface area contributed by atoms with Gasteiger partial charge < -0.3 is 4.42 Å². The van der Waals surface area contributed by atoms with Gasteiger partial charge >= 0.3 is 0 Å². The van der Waals surface area contributed by atoms with Crippen molar-refractivity contribution >= 4 is 54.3 Å². The number of nitrogens with zero attached hydrogens (tertiary/aromatic N) is 2. The molecule has 0 amide bonds. The van der Waals surface area contributed by atoms with Crippen molar-refractivity contribution in [3.05, 3.63) is 194 Å². The average molecular weight is 701 g/mol. The van der Waals surface area contributed by atoms with Gasteiger partial charge in [-0.25, -0.2) is 9.97 Å².